The zero-order valence-electron chi connectivity index (χ0n) is 13.4. The molecule has 5 nitrogen and oxygen atoms in total. The Bertz CT molecular complexity index is 978. The van der Waals surface area contributed by atoms with Crippen molar-refractivity contribution in [2.24, 2.45) is 0 Å². The minimum atomic E-state index is -0.504. The highest BCUT2D eigenvalue weighted by Crippen LogP contribution is 2.21. The van der Waals surface area contributed by atoms with Crippen LogP contribution in [0.15, 0.2) is 67.0 Å². The van der Waals surface area contributed by atoms with E-state index >= 15 is 0 Å². The summed E-state index contributed by atoms with van der Waals surface area (Å²) in [4.78, 5) is 28.6. The van der Waals surface area contributed by atoms with Crippen molar-refractivity contribution >= 4 is 34.8 Å². The van der Waals surface area contributed by atoms with Crippen molar-refractivity contribution < 1.29 is 14.0 Å². The molecule has 2 aromatic carbocycles. The van der Waals surface area contributed by atoms with Crippen molar-refractivity contribution in [2.75, 3.05) is 10.6 Å². The first-order valence-corrected chi connectivity index (χ1v) is 7.98. The van der Waals surface area contributed by atoms with E-state index < -0.39 is 17.6 Å². The molecular formula is C19H13ClFN3O2. The lowest BCUT2D eigenvalue weighted by molar-refractivity contribution is 0.102. The molecule has 0 aliphatic rings. The lowest BCUT2D eigenvalue weighted by atomic mass is 10.1. The lowest BCUT2D eigenvalue weighted by Gasteiger charge is -2.08. The summed E-state index contributed by atoms with van der Waals surface area (Å²) < 4.78 is 13.2. The summed E-state index contributed by atoms with van der Waals surface area (Å²) in [6.45, 7) is 0. The fraction of sp³-hybridized carbons (Fsp3) is 0. The van der Waals surface area contributed by atoms with E-state index in [9.17, 15) is 14.0 Å². The predicted molar refractivity (Wildman–Crippen MR) is 98.0 cm³/mol. The van der Waals surface area contributed by atoms with Crippen LogP contribution in [0.1, 0.15) is 20.7 Å². The van der Waals surface area contributed by atoms with Crippen molar-refractivity contribution in [1.29, 1.82) is 0 Å². The minimum absolute atomic E-state index is 0.168. The first kappa shape index (κ1) is 17.6. The zero-order valence-corrected chi connectivity index (χ0v) is 14.1. The van der Waals surface area contributed by atoms with Crippen LogP contribution in [0.25, 0.3) is 0 Å². The third kappa shape index (κ3) is 4.23. The van der Waals surface area contributed by atoms with Gasteiger partial charge in [-0.15, -0.1) is 0 Å². The fourth-order valence-electron chi connectivity index (χ4n) is 2.21. The average molecular weight is 370 g/mol. The van der Waals surface area contributed by atoms with Crippen LogP contribution in [-0.2, 0) is 0 Å². The quantitative estimate of drug-likeness (QED) is 0.717. The van der Waals surface area contributed by atoms with E-state index in [0.717, 1.165) is 0 Å². The van der Waals surface area contributed by atoms with Gasteiger partial charge in [0.05, 0.1) is 21.8 Å². The van der Waals surface area contributed by atoms with E-state index in [0.29, 0.717) is 16.4 Å². The Labute approximate surface area is 153 Å². The maximum absolute atomic E-state index is 13.2. The third-order valence-corrected chi connectivity index (χ3v) is 3.80. The molecule has 0 saturated carbocycles. The SMILES string of the molecule is O=C(Nc1cccc(F)c1)c1cncc(C(=O)Nc2ccccc2Cl)c1. The highest BCUT2D eigenvalue weighted by molar-refractivity contribution is 6.33. The molecule has 0 fully saturated rings. The van der Waals surface area contributed by atoms with Crippen LogP contribution in [0, 0.1) is 5.82 Å². The van der Waals surface area contributed by atoms with Gasteiger partial charge < -0.3 is 10.6 Å². The molecule has 2 N–H and O–H groups in total. The van der Waals surface area contributed by atoms with E-state index in [1.54, 1.807) is 30.3 Å². The molecule has 3 rings (SSSR count). The number of carbonyl (C=O) groups excluding carboxylic acids is 2. The van der Waals surface area contributed by atoms with Gasteiger partial charge in [0.1, 0.15) is 5.82 Å². The summed E-state index contributed by atoms with van der Waals surface area (Å²) in [5, 5.41) is 5.61. The molecule has 130 valence electrons. The van der Waals surface area contributed by atoms with Gasteiger partial charge in [0.25, 0.3) is 11.8 Å². The summed E-state index contributed by atoms with van der Waals surface area (Å²) in [6, 6.07) is 13.7. The number of rotatable bonds is 4. The van der Waals surface area contributed by atoms with E-state index in [4.69, 9.17) is 11.6 Å². The maximum atomic E-state index is 13.2. The van der Waals surface area contributed by atoms with E-state index in [2.05, 4.69) is 15.6 Å². The van der Waals surface area contributed by atoms with Gasteiger partial charge >= 0.3 is 0 Å². The number of carbonyl (C=O) groups is 2. The van der Waals surface area contributed by atoms with E-state index in [1.807, 2.05) is 0 Å². The topological polar surface area (TPSA) is 71.1 Å². The second-order valence-corrected chi connectivity index (χ2v) is 5.77. The summed E-state index contributed by atoms with van der Waals surface area (Å²) in [6.07, 6.45) is 2.66. The van der Waals surface area contributed by atoms with Crippen LogP contribution in [0.2, 0.25) is 5.02 Å². The van der Waals surface area contributed by atoms with Gasteiger partial charge in [-0.2, -0.15) is 0 Å². The Balaban J connectivity index is 1.76. The molecule has 1 heterocycles. The number of pyridine rings is 1. The van der Waals surface area contributed by atoms with Crippen molar-refractivity contribution in [3.05, 3.63) is 89.0 Å². The summed E-state index contributed by atoms with van der Waals surface area (Å²) in [7, 11) is 0. The van der Waals surface area contributed by atoms with Gasteiger partial charge in [-0.05, 0) is 36.4 Å². The third-order valence-electron chi connectivity index (χ3n) is 3.47. The van der Waals surface area contributed by atoms with Gasteiger partial charge in [0.2, 0.25) is 0 Å². The average Bonchev–Trinajstić information content (AvgIpc) is 2.63. The molecular weight excluding hydrogens is 357 g/mol. The zero-order chi connectivity index (χ0) is 18.5. The normalized spacial score (nSPS) is 10.2. The molecule has 0 atom stereocenters. The van der Waals surface area contributed by atoms with Gasteiger partial charge in [0.15, 0.2) is 0 Å². The second-order valence-electron chi connectivity index (χ2n) is 5.36. The molecule has 0 spiro atoms. The lowest BCUT2D eigenvalue weighted by Crippen LogP contribution is -2.16. The number of benzene rings is 2. The van der Waals surface area contributed by atoms with Crippen LogP contribution in [0.4, 0.5) is 15.8 Å². The predicted octanol–water partition coefficient (Wildman–Crippen LogP) is 4.38. The molecule has 7 heteroatoms. The number of anilines is 2. The summed E-state index contributed by atoms with van der Waals surface area (Å²) in [5.41, 5.74) is 1.12. The molecule has 3 aromatic rings. The Kier molecular flexibility index (Phi) is 5.24. The second kappa shape index (κ2) is 7.76. The van der Waals surface area contributed by atoms with Crippen LogP contribution in [-0.4, -0.2) is 16.8 Å². The van der Waals surface area contributed by atoms with Crippen molar-refractivity contribution in [3.8, 4) is 0 Å². The number of amides is 2. The van der Waals surface area contributed by atoms with E-state index in [1.165, 1.54) is 36.7 Å². The highest BCUT2D eigenvalue weighted by Gasteiger charge is 2.13. The number of hydrogen-bond acceptors (Lipinski definition) is 3. The van der Waals surface area contributed by atoms with Gasteiger partial charge in [-0.3, -0.25) is 14.6 Å². The van der Waals surface area contributed by atoms with Crippen molar-refractivity contribution in [1.82, 2.24) is 4.98 Å². The fourth-order valence-corrected chi connectivity index (χ4v) is 2.40. The van der Waals surface area contributed by atoms with Crippen molar-refractivity contribution in [2.45, 2.75) is 0 Å². The van der Waals surface area contributed by atoms with Crippen molar-refractivity contribution in [3.63, 3.8) is 0 Å². The Morgan fingerprint density at radius 1 is 0.885 bits per heavy atom. The number of hydrogen-bond donors (Lipinski definition) is 2. The molecule has 26 heavy (non-hydrogen) atoms. The molecule has 0 saturated heterocycles. The monoisotopic (exact) mass is 369 g/mol. The first-order chi connectivity index (χ1) is 12.5. The largest absolute Gasteiger partial charge is 0.322 e. The number of para-hydroxylation sites is 1. The standard InChI is InChI=1S/C19H13ClFN3O2/c20-16-6-1-2-7-17(16)24-19(26)13-8-12(10-22-11-13)18(25)23-15-5-3-4-14(21)9-15/h1-11H,(H,23,25)(H,24,26). The number of aromatic nitrogens is 1. The smallest absolute Gasteiger partial charge is 0.257 e. The number of nitrogens with one attached hydrogen (secondary N) is 2. The molecule has 0 bridgehead atoms. The minimum Gasteiger partial charge on any atom is -0.322 e. The van der Waals surface area contributed by atoms with Crippen LogP contribution in [0.3, 0.4) is 0 Å². The Morgan fingerprint density at radius 2 is 1.58 bits per heavy atom. The van der Waals surface area contributed by atoms with Crippen LogP contribution in [0.5, 0.6) is 0 Å². The van der Waals surface area contributed by atoms with E-state index in [-0.39, 0.29) is 11.1 Å². The summed E-state index contributed by atoms with van der Waals surface area (Å²) in [5.74, 6) is -1.42. The van der Waals surface area contributed by atoms with Gasteiger partial charge in [-0.1, -0.05) is 29.8 Å². The van der Waals surface area contributed by atoms with Gasteiger partial charge in [-0.25, -0.2) is 4.39 Å². The van der Waals surface area contributed by atoms with Crippen LogP contribution >= 0.6 is 11.6 Å². The molecule has 0 unspecified atom stereocenters. The number of nitrogens with zero attached hydrogens (tertiary/aromatic N) is 1. The highest BCUT2D eigenvalue weighted by atomic mass is 35.5. The molecule has 0 radical (unpaired) electrons. The Morgan fingerprint density at radius 3 is 2.27 bits per heavy atom. The maximum Gasteiger partial charge on any atom is 0.257 e. The summed E-state index contributed by atoms with van der Waals surface area (Å²) >= 11 is 6.02. The molecule has 0 aliphatic carbocycles. The molecule has 0 aliphatic heterocycles. The molecule has 1 aromatic heterocycles. The van der Waals surface area contributed by atoms with Gasteiger partial charge in [0, 0.05) is 18.1 Å². The number of halogens is 2. The van der Waals surface area contributed by atoms with Crippen LogP contribution < -0.4 is 10.6 Å². The first-order valence-electron chi connectivity index (χ1n) is 7.61. The Hall–Kier alpha value is -3.25. The molecule has 2 amide bonds.